The van der Waals surface area contributed by atoms with Crippen molar-refractivity contribution in [1.29, 1.82) is 0 Å². The van der Waals surface area contributed by atoms with Crippen molar-refractivity contribution in [3.05, 3.63) is 90.8 Å². The minimum atomic E-state index is -0.0423. The van der Waals surface area contributed by atoms with E-state index in [1.807, 2.05) is 42.6 Å². The van der Waals surface area contributed by atoms with E-state index in [1.165, 1.54) is 12.7 Å². The van der Waals surface area contributed by atoms with Crippen LogP contribution in [0.3, 0.4) is 0 Å². The number of nitrogens with two attached hydrogens (primary N) is 1. The number of ether oxygens (including phenoxy) is 1. The number of fused-ring (bicyclic) bond motifs is 1. The summed E-state index contributed by atoms with van der Waals surface area (Å²) in [6.45, 7) is 3.28. The van der Waals surface area contributed by atoms with Crippen LogP contribution >= 0.6 is 0 Å². The zero-order chi connectivity index (χ0) is 29.3. The Hall–Kier alpha value is -4.56. The second kappa shape index (κ2) is 11.6. The third-order valence-electron chi connectivity index (χ3n) is 9.17. The van der Waals surface area contributed by atoms with Crippen LogP contribution in [-0.4, -0.2) is 57.1 Å². The fourth-order valence-corrected chi connectivity index (χ4v) is 6.75. The topological polar surface area (TPSA) is 99.2 Å². The molecule has 2 fully saturated rings. The average molecular weight is 573 g/mol. The largest absolute Gasteiger partial charge is 0.469 e. The molecule has 8 heteroatoms. The molecule has 8 nitrogen and oxygen atoms in total. The number of pyridine rings is 2. The number of rotatable bonds is 7. The Labute approximate surface area is 251 Å². The molecule has 3 aromatic heterocycles. The van der Waals surface area contributed by atoms with Gasteiger partial charge in [0.2, 0.25) is 0 Å². The number of methoxy groups -OCH3 is 1. The molecule has 2 aromatic carbocycles. The van der Waals surface area contributed by atoms with Gasteiger partial charge in [0.15, 0.2) is 0 Å². The van der Waals surface area contributed by atoms with Gasteiger partial charge in [0.25, 0.3) is 0 Å². The van der Waals surface area contributed by atoms with Crippen molar-refractivity contribution in [3.63, 3.8) is 0 Å². The molecule has 1 saturated heterocycles. The van der Waals surface area contributed by atoms with Crippen molar-refractivity contribution in [2.75, 3.05) is 32.5 Å². The summed E-state index contributed by atoms with van der Waals surface area (Å²) in [4.78, 5) is 28.3. The minimum absolute atomic E-state index is 0.0423. The third-order valence-corrected chi connectivity index (χ3v) is 9.17. The highest BCUT2D eigenvalue weighted by Crippen LogP contribution is 2.36. The molecule has 43 heavy (non-hydrogen) atoms. The molecule has 1 saturated carbocycles. The lowest BCUT2D eigenvalue weighted by Gasteiger charge is -2.42. The number of anilines is 1. The molecule has 218 valence electrons. The molecule has 1 aliphatic carbocycles. The number of hydrogen-bond donors (Lipinski definition) is 1. The Morgan fingerprint density at radius 1 is 0.930 bits per heavy atom. The summed E-state index contributed by atoms with van der Waals surface area (Å²) in [5.74, 6) is 2.47. The number of likely N-dealkylation sites (tertiary alicyclic amines) is 1. The smallest absolute Gasteiger partial charge is 0.308 e. The Balaban J connectivity index is 1.12. The summed E-state index contributed by atoms with van der Waals surface area (Å²) >= 11 is 0. The highest BCUT2D eigenvalue weighted by Gasteiger charge is 2.33. The van der Waals surface area contributed by atoms with Gasteiger partial charge in [0.1, 0.15) is 11.6 Å². The Bertz CT molecular complexity index is 1740. The normalized spacial score (nSPS) is 19.3. The van der Waals surface area contributed by atoms with Crippen molar-refractivity contribution in [3.8, 4) is 28.3 Å². The summed E-state index contributed by atoms with van der Waals surface area (Å²) in [6, 6.07) is 25.0. The third kappa shape index (κ3) is 5.39. The predicted molar refractivity (Wildman–Crippen MR) is 169 cm³/mol. The standard InChI is InChI=1S/C35H36N6O2/c1-43-35(42)25-9-7-23(8-10-25)20-40-21-27(22-40)24-11-14-28(15-12-24)41-32-19-26(30-6-2-3-17-37-30)13-16-31(32)39-34(41)29-5-4-18-38-33(29)36/h2-6,11-19,23,25,27H,7-10,20-22H2,1H3,(H2,36,38)/t23-,25-. The van der Waals surface area contributed by atoms with Gasteiger partial charge >= 0.3 is 5.97 Å². The van der Waals surface area contributed by atoms with Crippen LogP contribution in [0.4, 0.5) is 5.82 Å². The van der Waals surface area contributed by atoms with E-state index in [4.69, 9.17) is 15.5 Å². The number of nitrogen functional groups attached to an aromatic ring is 1. The molecule has 0 amide bonds. The Kier molecular flexibility index (Phi) is 7.37. The van der Waals surface area contributed by atoms with E-state index in [2.05, 4.69) is 55.8 Å². The first-order chi connectivity index (χ1) is 21.1. The van der Waals surface area contributed by atoms with Crippen molar-refractivity contribution in [2.24, 2.45) is 11.8 Å². The van der Waals surface area contributed by atoms with Gasteiger partial charge in [-0.1, -0.05) is 24.3 Å². The van der Waals surface area contributed by atoms with Gasteiger partial charge in [0, 0.05) is 49.2 Å². The van der Waals surface area contributed by atoms with Crippen molar-refractivity contribution >= 4 is 22.8 Å². The molecule has 4 heterocycles. The molecule has 0 bridgehead atoms. The van der Waals surface area contributed by atoms with Crippen molar-refractivity contribution in [1.82, 2.24) is 24.4 Å². The number of benzene rings is 2. The molecular weight excluding hydrogens is 536 g/mol. The van der Waals surface area contributed by atoms with Gasteiger partial charge in [-0.05, 0) is 85.7 Å². The number of imidazole rings is 1. The number of aromatic nitrogens is 4. The van der Waals surface area contributed by atoms with E-state index in [1.54, 1.807) is 6.20 Å². The van der Waals surface area contributed by atoms with Crippen LogP contribution in [0.1, 0.15) is 37.2 Å². The maximum atomic E-state index is 11.9. The molecule has 5 aromatic rings. The first-order valence-electron chi connectivity index (χ1n) is 15.1. The summed E-state index contributed by atoms with van der Waals surface area (Å²) < 4.78 is 7.12. The highest BCUT2D eigenvalue weighted by molar-refractivity contribution is 5.88. The van der Waals surface area contributed by atoms with Gasteiger partial charge in [-0.3, -0.25) is 14.3 Å². The fraction of sp³-hybridized carbons (Fsp3) is 0.314. The lowest BCUT2D eigenvalue weighted by molar-refractivity contribution is -0.146. The van der Waals surface area contributed by atoms with E-state index < -0.39 is 0 Å². The molecule has 0 radical (unpaired) electrons. The number of hydrogen-bond acceptors (Lipinski definition) is 7. The van der Waals surface area contributed by atoms with Crippen molar-refractivity contribution < 1.29 is 9.53 Å². The van der Waals surface area contributed by atoms with Gasteiger partial charge in [-0.15, -0.1) is 0 Å². The van der Waals surface area contributed by atoms with Crippen LogP contribution in [-0.2, 0) is 9.53 Å². The second-order valence-corrected chi connectivity index (χ2v) is 11.9. The van der Waals surface area contributed by atoms with Crippen molar-refractivity contribution in [2.45, 2.75) is 31.6 Å². The first kappa shape index (κ1) is 27.3. The Morgan fingerprint density at radius 2 is 1.72 bits per heavy atom. The van der Waals surface area contributed by atoms with Gasteiger partial charge in [-0.25, -0.2) is 9.97 Å². The summed E-state index contributed by atoms with van der Waals surface area (Å²) in [5.41, 5.74) is 13.4. The molecule has 2 N–H and O–H groups in total. The molecule has 0 spiro atoms. The molecular formula is C35H36N6O2. The first-order valence-corrected chi connectivity index (χ1v) is 15.1. The quantitative estimate of drug-likeness (QED) is 0.235. The minimum Gasteiger partial charge on any atom is -0.469 e. The number of carbonyl (C=O) groups excluding carboxylic acids is 1. The van der Waals surface area contributed by atoms with E-state index in [-0.39, 0.29) is 11.9 Å². The SMILES string of the molecule is COC(=O)[C@H]1CC[C@H](CN2CC(c3ccc(-n4c(-c5cccnc5N)nc5ccc(-c6ccccn6)cc54)cc3)C2)CC1. The van der Waals surface area contributed by atoms with E-state index in [9.17, 15) is 4.79 Å². The number of esters is 1. The van der Waals surface area contributed by atoms with Crippen LogP contribution in [0.2, 0.25) is 0 Å². The molecule has 0 unspecified atom stereocenters. The highest BCUT2D eigenvalue weighted by atomic mass is 16.5. The second-order valence-electron chi connectivity index (χ2n) is 11.9. The van der Waals surface area contributed by atoms with Gasteiger partial charge < -0.3 is 15.4 Å². The van der Waals surface area contributed by atoms with E-state index in [0.717, 1.165) is 84.7 Å². The van der Waals surface area contributed by atoms with Crippen LogP contribution < -0.4 is 5.73 Å². The lowest BCUT2D eigenvalue weighted by atomic mass is 9.80. The number of nitrogens with zero attached hydrogens (tertiary/aromatic N) is 5. The number of carbonyl (C=O) groups is 1. The summed E-state index contributed by atoms with van der Waals surface area (Å²) in [5, 5.41) is 0. The average Bonchev–Trinajstić information content (AvgIpc) is 3.42. The van der Waals surface area contributed by atoms with Crippen LogP contribution in [0.15, 0.2) is 85.2 Å². The van der Waals surface area contributed by atoms with E-state index >= 15 is 0 Å². The predicted octanol–water partition coefficient (Wildman–Crippen LogP) is 6.11. The summed E-state index contributed by atoms with van der Waals surface area (Å²) in [7, 11) is 1.49. The molecule has 7 rings (SSSR count). The molecule has 0 atom stereocenters. The zero-order valence-corrected chi connectivity index (χ0v) is 24.4. The molecule has 1 aliphatic heterocycles. The van der Waals surface area contributed by atoms with Gasteiger partial charge in [0.05, 0.1) is 35.3 Å². The van der Waals surface area contributed by atoms with Crippen LogP contribution in [0, 0.1) is 11.8 Å². The monoisotopic (exact) mass is 572 g/mol. The van der Waals surface area contributed by atoms with Gasteiger partial charge in [-0.2, -0.15) is 0 Å². The fourth-order valence-electron chi connectivity index (χ4n) is 6.75. The van der Waals surface area contributed by atoms with Crippen LogP contribution in [0.5, 0.6) is 0 Å². The summed E-state index contributed by atoms with van der Waals surface area (Å²) in [6.07, 6.45) is 7.65. The Morgan fingerprint density at radius 3 is 2.44 bits per heavy atom. The maximum absolute atomic E-state index is 11.9. The van der Waals surface area contributed by atoms with E-state index in [0.29, 0.717) is 17.7 Å². The van der Waals surface area contributed by atoms with Crippen LogP contribution in [0.25, 0.3) is 39.4 Å². The lowest BCUT2D eigenvalue weighted by Crippen LogP contribution is -2.47. The zero-order valence-electron chi connectivity index (χ0n) is 24.4. The maximum Gasteiger partial charge on any atom is 0.308 e. The molecule has 2 aliphatic rings.